The van der Waals surface area contributed by atoms with E-state index in [2.05, 4.69) is 35.1 Å². The zero-order chi connectivity index (χ0) is 106. The molecule has 3 saturated heterocycles. The minimum atomic E-state index is -4.87. The molecular weight excluding hydrogens is 1900 g/mol. The summed E-state index contributed by atoms with van der Waals surface area (Å²) in [6, 6.07) is -4.76. The maximum atomic E-state index is 15.6. The van der Waals surface area contributed by atoms with Crippen molar-refractivity contribution in [2.75, 3.05) is 189 Å². The van der Waals surface area contributed by atoms with Crippen LogP contribution in [0.3, 0.4) is 0 Å². The van der Waals surface area contributed by atoms with Crippen LogP contribution >= 0.6 is 7.82 Å². The Morgan fingerprint density at radius 2 is 0.694 bits per heavy atom. The SMILES string of the molecule is CCCCCCCCCCC/C=C/[C@@H](OC)[C@H](COP(=O)(OC)O[C@H]1[C@H](OC)[C@@H](OC)[C@H](OC)[C@@H](O[C@]2(C(=O)OC)C[C@H](OC)[C@@H](NC(=O)CO[C@]3(C(=O)OC)C[C@H](OC)[C@@H](NC(=O)CO[C@]4(C(=O)OC)C[C@H](OC)[C@@H](NC(=O)COC)[C@H]([C@@H](OC)[C@@H](CCC)OC)O4)[C@H]([C@@H](OC)[C@@H](COC)OC)O3)[C@H]([C@@H](OC)[C@@H](COC)OC)O2)[C@H]1OC)NC(=O)CCCCCCCCCCCCCCCCCCCCCCC. The lowest BCUT2D eigenvalue weighted by Gasteiger charge is -2.53. The number of amides is 4. The second kappa shape index (κ2) is 74.3. The minimum Gasteiger partial charge on any atom is -0.465 e. The van der Waals surface area contributed by atoms with Crippen molar-refractivity contribution in [1.82, 2.24) is 21.3 Å². The summed E-state index contributed by atoms with van der Waals surface area (Å²) in [5.41, 5.74) is 0. The van der Waals surface area contributed by atoms with E-state index in [0.717, 1.165) is 79.8 Å². The molecule has 41 nitrogen and oxygen atoms in total. The Labute approximate surface area is 858 Å². The van der Waals surface area contributed by atoms with Gasteiger partial charge < -0.3 is 144 Å². The van der Waals surface area contributed by atoms with Crippen LogP contribution in [0.15, 0.2) is 12.2 Å². The first kappa shape index (κ1) is 131. The molecule has 0 aromatic heterocycles. The molecule has 42 heteroatoms. The van der Waals surface area contributed by atoms with E-state index >= 15 is 14.2 Å². The Hall–Kier alpha value is -4.78. The molecule has 0 bridgehead atoms. The average molecular weight is 2090 g/mol. The van der Waals surface area contributed by atoms with E-state index in [0.29, 0.717) is 19.3 Å². The second-order valence-corrected chi connectivity index (χ2v) is 39.2. The molecule has 4 amide bonds. The monoisotopic (exact) mass is 2090 g/mol. The maximum Gasteiger partial charge on any atom is 0.475 e. The van der Waals surface area contributed by atoms with Gasteiger partial charge in [-0.15, -0.1) is 0 Å². The first-order chi connectivity index (χ1) is 69.6. The molecule has 0 aromatic rings. The number of unbranched alkanes of at least 4 members (excludes halogenated alkanes) is 29. The van der Waals surface area contributed by atoms with Crippen LogP contribution in [-0.2, 0) is 175 Å². The molecule has 0 aromatic carbocycles. The summed E-state index contributed by atoms with van der Waals surface area (Å²) in [6.07, 6.45) is 16.7. The largest absolute Gasteiger partial charge is 0.475 e. The van der Waals surface area contributed by atoms with Gasteiger partial charge >= 0.3 is 25.7 Å². The highest BCUT2D eigenvalue weighted by atomic mass is 31.2. The van der Waals surface area contributed by atoms with Gasteiger partial charge in [-0.2, -0.15) is 0 Å². The van der Waals surface area contributed by atoms with Crippen LogP contribution in [0.5, 0.6) is 0 Å². The van der Waals surface area contributed by atoms with Crippen LogP contribution in [0.1, 0.15) is 258 Å². The van der Waals surface area contributed by atoms with Gasteiger partial charge in [0.1, 0.15) is 105 Å². The number of rotatable bonds is 83. The number of phosphoric ester groups is 1. The van der Waals surface area contributed by atoms with Crippen LogP contribution < -0.4 is 21.3 Å². The lowest BCUT2D eigenvalue weighted by molar-refractivity contribution is -0.357. The van der Waals surface area contributed by atoms with E-state index in [1.165, 1.54) is 262 Å². The lowest BCUT2D eigenvalue weighted by atomic mass is 9.83. The fourth-order valence-electron chi connectivity index (χ4n) is 20.0. The van der Waals surface area contributed by atoms with Crippen molar-refractivity contribution < 1.29 is 175 Å². The predicted molar refractivity (Wildman–Crippen MR) is 533 cm³/mol. The van der Waals surface area contributed by atoms with Crippen molar-refractivity contribution in [1.29, 1.82) is 0 Å². The Morgan fingerprint density at radius 1 is 0.354 bits per heavy atom. The number of phosphoric acid groups is 1. The van der Waals surface area contributed by atoms with Gasteiger partial charge in [-0.05, 0) is 25.7 Å². The van der Waals surface area contributed by atoms with E-state index in [9.17, 15) is 24.0 Å². The number of nitrogens with one attached hydrogen (secondary N) is 4. The standard InChI is InChI=1S/C102H187N4O37P/c1-25-28-30-32-34-36-38-39-40-41-42-43-44-45-46-47-49-51-53-55-57-60-78(107)103-70(71(118-7)59-56-54-52-50-48-37-35-33-31-29-26-2)64-138-144(114,135-24)143-96-93(130-19)91(128-17)92(129-18)95(94(96)131-20)142-102(99(113)134-23)63-75(122-11)84(90(141-102)87(127-16)77(124-13)66-116-5)106-81(110)69-137-101(98(112)133-22)62-74(121-10)83(89(140-101)86(126-15)76(123-12)65-115-4)105-80(109)68-136-100(97(111)132-21)61-73(120-9)82(104-79(108)67-117-6)88(139-100)85(125-14)72(119-8)58-27-3/h56,59,70-77,82-96H,25-55,57-58,60-69H2,1-24H3,(H,103,107)(H,104,108)(H,105,109)(H,106,110)/b59-56+/t70-,71+,72+,73-,74-,75-,76+,77+,82+,83+,84+,85-,86-,87-,88+,89+,90+,91-,92-,93+,94+,95+,96-,100+,101+,102-,144?/m0/s1. The molecular formula is C102H187N4O37P. The van der Waals surface area contributed by atoms with Crippen molar-refractivity contribution in [2.24, 2.45) is 0 Å². The van der Waals surface area contributed by atoms with Gasteiger partial charge in [0.2, 0.25) is 23.6 Å². The number of hydrogen-bond acceptors (Lipinski definition) is 37. The highest BCUT2D eigenvalue weighted by Crippen LogP contribution is 2.54. The van der Waals surface area contributed by atoms with Gasteiger partial charge in [0, 0.05) is 154 Å². The third-order valence-electron chi connectivity index (χ3n) is 27.8. The van der Waals surface area contributed by atoms with Crippen LogP contribution in [0, 0.1) is 0 Å². The fourth-order valence-corrected chi connectivity index (χ4v) is 21.1. The van der Waals surface area contributed by atoms with Crippen molar-refractivity contribution in [3.05, 3.63) is 12.2 Å². The fraction of sp³-hybridized carbons (Fsp3) is 0.912. The Kier molecular flexibility index (Phi) is 67.8. The number of ether oxygens (including phenoxy) is 26. The number of esters is 3. The number of carbonyl (C=O) groups is 7. The van der Waals surface area contributed by atoms with Crippen molar-refractivity contribution in [3.63, 3.8) is 0 Å². The quantitative estimate of drug-likeness (QED) is 0.0144. The summed E-state index contributed by atoms with van der Waals surface area (Å²) in [7, 11) is 22.7. The molecule has 4 N–H and O–H groups in total. The summed E-state index contributed by atoms with van der Waals surface area (Å²) < 4.78 is 193. The number of allylic oxidation sites excluding steroid dienone is 1. The molecule has 842 valence electrons. The first-order valence-corrected chi connectivity index (χ1v) is 53.5. The lowest BCUT2D eigenvalue weighted by Crippen LogP contribution is -2.72. The van der Waals surface area contributed by atoms with Crippen molar-refractivity contribution in [2.45, 2.75) is 416 Å². The Bertz CT molecular complexity index is 3540. The van der Waals surface area contributed by atoms with Crippen molar-refractivity contribution in [3.8, 4) is 0 Å². The van der Waals surface area contributed by atoms with Crippen LogP contribution in [0.25, 0.3) is 0 Å². The van der Waals surface area contributed by atoms with Crippen LogP contribution in [0.4, 0.5) is 0 Å². The number of carbonyl (C=O) groups excluding carboxylic acids is 7. The molecule has 4 fully saturated rings. The van der Waals surface area contributed by atoms with Gasteiger partial charge in [-0.3, -0.25) is 32.7 Å². The van der Waals surface area contributed by atoms with Crippen LogP contribution in [-0.4, -0.2) is 388 Å². The smallest absolute Gasteiger partial charge is 0.465 e. The predicted octanol–water partition coefficient (Wildman–Crippen LogP) is 11.5. The van der Waals surface area contributed by atoms with Gasteiger partial charge in [0.05, 0.1) is 95.8 Å². The highest BCUT2D eigenvalue weighted by molar-refractivity contribution is 7.48. The molecule has 27 atom stereocenters. The molecule has 0 spiro atoms. The molecule has 1 saturated carbocycles. The molecule has 0 radical (unpaired) electrons. The topological polar surface area (TPSA) is 452 Å². The first-order valence-electron chi connectivity index (χ1n) is 52.0. The summed E-state index contributed by atoms with van der Waals surface area (Å²) in [5.74, 6) is -13.9. The Balaban J connectivity index is 1.72. The van der Waals surface area contributed by atoms with E-state index < -0.39 is 240 Å². The van der Waals surface area contributed by atoms with Gasteiger partial charge in [-0.25, -0.2) is 18.9 Å². The number of hydrogen-bond donors (Lipinski definition) is 4. The van der Waals surface area contributed by atoms with E-state index in [-0.39, 0.29) is 32.1 Å². The molecule has 3 aliphatic heterocycles. The molecule has 4 aliphatic rings. The third-order valence-corrected chi connectivity index (χ3v) is 29.2. The third kappa shape index (κ3) is 41.3. The van der Waals surface area contributed by atoms with Gasteiger partial charge in [-0.1, -0.05) is 219 Å². The maximum absolute atomic E-state index is 15.6. The van der Waals surface area contributed by atoms with Gasteiger partial charge in [0.25, 0.3) is 17.4 Å². The Morgan fingerprint density at radius 3 is 1.03 bits per heavy atom. The van der Waals surface area contributed by atoms with Crippen molar-refractivity contribution >= 4 is 49.4 Å². The highest BCUT2D eigenvalue weighted by Gasteiger charge is 2.65. The molecule has 1 unspecified atom stereocenters. The summed E-state index contributed by atoms with van der Waals surface area (Å²) >= 11 is 0. The molecule has 1 aliphatic carbocycles. The summed E-state index contributed by atoms with van der Waals surface area (Å²) in [5, 5.41) is 11.8. The molecule has 144 heavy (non-hydrogen) atoms. The van der Waals surface area contributed by atoms with E-state index in [1.54, 1.807) is 0 Å². The molecule has 4 rings (SSSR count). The second-order valence-electron chi connectivity index (χ2n) is 37.4. The van der Waals surface area contributed by atoms with E-state index in [1.807, 2.05) is 19.1 Å². The zero-order valence-corrected chi connectivity index (χ0v) is 92.3. The normalized spacial score (nSPS) is 27.3. The zero-order valence-electron chi connectivity index (χ0n) is 91.4. The van der Waals surface area contributed by atoms with Crippen LogP contribution in [0.2, 0.25) is 0 Å². The van der Waals surface area contributed by atoms with E-state index in [4.69, 9.17) is 137 Å². The minimum absolute atomic E-state index is 0.170. The molecule has 3 heterocycles. The summed E-state index contributed by atoms with van der Waals surface area (Å²) in [6.45, 7) is 3.23. The number of methoxy groups -OCH3 is 20. The van der Waals surface area contributed by atoms with Gasteiger partial charge in [0.15, 0.2) is 0 Å². The average Bonchev–Trinajstić information content (AvgIpc) is 0.745. The summed E-state index contributed by atoms with van der Waals surface area (Å²) in [4.78, 5) is 102.